The van der Waals surface area contributed by atoms with Crippen molar-refractivity contribution in [2.45, 2.75) is 11.1 Å². The van der Waals surface area contributed by atoms with Crippen LogP contribution in [0, 0.1) is 6.92 Å². The Morgan fingerprint density at radius 3 is 2.89 bits per heavy atom. The summed E-state index contributed by atoms with van der Waals surface area (Å²) in [5.74, 6) is 0.727. The predicted molar refractivity (Wildman–Crippen MR) is 70.9 cm³/mol. The van der Waals surface area contributed by atoms with E-state index in [0.29, 0.717) is 17.0 Å². The number of oxazole rings is 1. The Morgan fingerprint density at radius 2 is 2.16 bits per heavy atom. The Bertz CT molecular complexity index is 819. The first-order valence-corrected chi connectivity index (χ1v) is 7.68. The molecule has 1 aromatic carbocycles. The number of nitrogens with zero attached hydrogens (tertiary/aromatic N) is 1. The number of hydrogen-bond acceptors (Lipinski definition) is 6. The van der Waals surface area contributed by atoms with E-state index < -0.39 is 10.1 Å². The summed E-state index contributed by atoms with van der Waals surface area (Å²) in [6.07, 6.45) is 0. The summed E-state index contributed by atoms with van der Waals surface area (Å²) in [6.45, 7) is 1.73. The highest BCUT2D eigenvalue weighted by Gasteiger charge is 2.18. The minimum atomic E-state index is -3.78. The van der Waals surface area contributed by atoms with Crippen molar-refractivity contribution in [3.8, 4) is 5.75 Å². The van der Waals surface area contributed by atoms with Crippen molar-refractivity contribution < 1.29 is 17.0 Å². The number of aromatic nitrogens is 1. The maximum Gasteiger partial charge on any atom is 0.348 e. The zero-order valence-corrected chi connectivity index (χ0v) is 11.5. The lowest BCUT2D eigenvalue weighted by atomic mass is 10.3. The summed E-state index contributed by atoms with van der Waals surface area (Å²) >= 11 is 1.11. The van der Waals surface area contributed by atoms with E-state index >= 15 is 0 Å². The van der Waals surface area contributed by atoms with Gasteiger partial charge in [-0.2, -0.15) is 8.42 Å². The van der Waals surface area contributed by atoms with Crippen LogP contribution in [0.2, 0.25) is 0 Å². The third kappa shape index (κ3) is 2.34. The standard InChI is InChI=1S/C12H9NO4S2/c1-8-13-10-5-4-9(7-11(10)16-8)17-19(14,15)12-3-2-6-18-12/h2-7H,1H3. The predicted octanol–water partition coefficient (Wildman–Crippen LogP) is 2.97. The van der Waals surface area contributed by atoms with Gasteiger partial charge in [-0.05, 0) is 23.6 Å². The summed E-state index contributed by atoms with van der Waals surface area (Å²) in [5.41, 5.74) is 1.16. The van der Waals surface area contributed by atoms with E-state index in [0.717, 1.165) is 11.3 Å². The number of aryl methyl sites for hydroxylation is 1. The molecule has 98 valence electrons. The average Bonchev–Trinajstić information content (AvgIpc) is 2.95. The van der Waals surface area contributed by atoms with Gasteiger partial charge in [-0.1, -0.05) is 6.07 Å². The molecule has 0 aliphatic carbocycles. The SMILES string of the molecule is Cc1nc2ccc(OS(=O)(=O)c3cccs3)cc2o1. The Hall–Kier alpha value is -1.86. The highest BCUT2D eigenvalue weighted by molar-refractivity contribution is 7.89. The van der Waals surface area contributed by atoms with Gasteiger partial charge in [0.25, 0.3) is 0 Å². The summed E-state index contributed by atoms with van der Waals surface area (Å²) in [7, 11) is -3.78. The fourth-order valence-electron chi connectivity index (χ4n) is 1.65. The van der Waals surface area contributed by atoms with Gasteiger partial charge < -0.3 is 8.60 Å². The molecule has 0 saturated carbocycles. The Kier molecular flexibility index (Phi) is 2.79. The number of hydrogen-bond donors (Lipinski definition) is 0. The van der Waals surface area contributed by atoms with Gasteiger partial charge >= 0.3 is 10.1 Å². The number of benzene rings is 1. The molecule has 0 N–H and O–H groups in total. The molecule has 19 heavy (non-hydrogen) atoms. The van der Waals surface area contributed by atoms with E-state index in [1.807, 2.05) is 0 Å². The van der Waals surface area contributed by atoms with Gasteiger partial charge in [-0.3, -0.25) is 0 Å². The van der Waals surface area contributed by atoms with Gasteiger partial charge in [0.05, 0.1) is 0 Å². The Labute approximate surface area is 113 Å². The average molecular weight is 295 g/mol. The summed E-state index contributed by atoms with van der Waals surface area (Å²) < 4.78 is 34.4. The van der Waals surface area contributed by atoms with Crippen LogP contribution in [0.5, 0.6) is 5.75 Å². The molecule has 0 aliphatic heterocycles. The topological polar surface area (TPSA) is 69.4 Å². The van der Waals surface area contributed by atoms with Crippen molar-refractivity contribution in [1.29, 1.82) is 0 Å². The van der Waals surface area contributed by atoms with Crippen LogP contribution >= 0.6 is 11.3 Å². The lowest BCUT2D eigenvalue weighted by molar-refractivity contribution is 0.487. The molecule has 0 radical (unpaired) electrons. The quantitative estimate of drug-likeness (QED) is 0.695. The molecular formula is C12H9NO4S2. The molecule has 0 atom stereocenters. The van der Waals surface area contributed by atoms with Crippen LogP contribution in [0.4, 0.5) is 0 Å². The van der Waals surface area contributed by atoms with E-state index in [4.69, 9.17) is 8.60 Å². The van der Waals surface area contributed by atoms with E-state index in [1.165, 1.54) is 12.1 Å². The summed E-state index contributed by atoms with van der Waals surface area (Å²) in [4.78, 5) is 4.13. The third-order valence-electron chi connectivity index (χ3n) is 2.41. The smallest absolute Gasteiger partial charge is 0.348 e. The van der Waals surface area contributed by atoms with Crippen LogP contribution in [0.15, 0.2) is 44.3 Å². The van der Waals surface area contributed by atoms with E-state index in [9.17, 15) is 8.42 Å². The number of fused-ring (bicyclic) bond motifs is 1. The second-order valence-electron chi connectivity index (χ2n) is 3.83. The zero-order valence-electron chi connectivity index (χ0n) is 9.86. The van der Waals surface area contributed by atoms with Gasteiger partial charge in [0, 0.05) is 13.0 Å². The van der Waals surface area contributed by atoms with Crippen LogP contribution in [-0.4, -0.2) is 13.4 Å². The minimum Gasteiger partial charge on any atom is -0.441 e. The zero-order chi connectivity index (χ0) is 13.5. The lowest BCUT2D eigenvalue weighted by Gasteiger charge is -2.04. The van der Waals surface area contributed by atoms with Crippen molar-refractivity contribution in [3.05, 3.63) is 41.6 Å². The Morgan fingerprint density at radius 1 is 1.32 bits per heavy atom. The van der Waals surface area contributed by atoms with Crippen molar-refractivity contribution in [2.24, 2.45) is 0 Å². The van der Waals surface area contributed by atoms with Gasteiger partial charge in [-0.15, -0.1) is 11.3 Å². The highest BCUT2D eigenvalue weighted by atomic mass is 32.3. The van der Waals surface area contributed by atoms with Crippen molar-refractivity contribution in [1.82, 2.24) is 4.98 Å². The second-order valence-corrected chi connectivity index (χ2v) is 6.55. The molecule has 2 heterocycles. The van der Waals surface area contributed by atoms with Gasteiger partial charge in [-0.25, -0.2) is 4.98 Å². The molecule has 3 rings (SSSR count). The van der Waals surface area contributed by atoms with E-state index in [1.54, 1.807) is 30.5 Å². The lowest BCUT2D eigenvalue weighted by Crippen LogP contribution is -2.07. The van der Waals surface area contributed by atoms with Crippen LogP contribution in [-0.2, 0) is 10.1 Å². The molecule has 0 amide bonds. The van der Waals surface area contributed by atoms with Crippen molar-refractivity contribution in [3.63, 3.8) is 0 Å². The van der Waals surface area contributed by atoms with Crippen molar-refractivity contribution in [2.75, 3.05) is 0 Å². The second kappa shape index (κ2) is 4.36. The van der Waals surface area contributed by atoms with Gasteiger partial charge in [0.2, 0.25) is 0 Å². The molecule has 3 aromatic rings. The fraction of sp³-hybridized carbons (Fsp3) is 0.0833. The number of thiophene rings is 1. The molecule has 7 heteroatoms. The summed E-state index contributed by atoms with van der Waals surface area (Å²) in [6, 6.07) is 7.88. The first-order chi connectivity index (χ1) is 9.04. The molecule has 5 nitrogen and oxygen atoms in total. The molecule has 0 fully saturated rings. The summed E-state index contributed by atoms with van der Waals surface area (Å²) in [5, 5.41) is 1.68. The molecule has 0 bridgehead atoms. The third-order valence-corrected chi connectivity index (χ3v) is 5.02. The normalized spacial score (nSPS) is 11.8. The Balaban J connectivity index is 1.97. The molecule has 0 spiro atoms. The maximum atomic E-state index is 11.9. The van der Waals surface area contributed by atoms with Crippen LogP contribution in [0.25, 0.3) is 11.1 Å². The monoisotopic (exact) mass is 295 g/mol. The van der Waals surface area contributed by atoms with E-state index in [2.05, 4.69) is 4.98 Å². The minimum absolute atomic E-state index is 0.168. The number of rotatable bonds is 3. The molecular weight excluding hydrogens is 286 g/mol. The maximum absolute atomic E-state index is 11.9. The van der Waals surface area contributed by atoms with Crippen molar-refractivity contribution >= 4 is 32.6 Å². The van der Waals surface area contributed by atoms with Crippen LogP contribution in [0.3, 0.4) is 0 Å². The molecule has 2 aromatic heterocycles. The first-order valence-electron chi connectivity index (χ1n) is 5.40. The van der Waals surface area contributed by atoms with Gasteiger partial charge in [0.15, 0.2) is 15.7 Å². The highest BCUT2D eigenvalue weighted by Crippen LogP contribution is 2.25. The van der Waals surface area contributed by atoms with E-state index in [-0.39, 0.29) is 9.96 Å². The molecule has 0 saturated heterocycles. The first kappa shape index (κ1) is 12.2. The van der Waals surface area contributed by atoms with Gasteiger partial charge in [0.1, 0.15) is 11.3 Å². The van der Waals surface area contributed by atoms with Crippen LogP contribution in [0.1, 0.15) is 5.89 Å². The van der Waals surface area contributed by atoms with Crippen LogP contribution < -0.4 is 4.18 Å². The molecule has 0 aliphatic rings. The molecule has 0 unspecified atom stereocenters. The fourth-order valence-corrected chi connectivity index (χ4v) is 3.52. The largest absolute Gasteiger partial charge is 0.441 e.